The number of rotatable bonds is 7. The SMILES string of the molecule is COc1cccc(C2/C(=C(\O)c3c(C)nn(C)c3C)C(=O)C(=O)N2CCN(C)C)c1OC. The molecule has 1 atom stereocenters. The third-order valence-corrected chi connectivity index (χ3v) is 5.80. The molecular formula is C23H30N4O5. The van der Waals surface area contributed by atoms with Gasteiger partial charge in [0.1, 0.15) is 5.76 Å². The molecule has 0 spiro atoms. The van der Waals surface area contributed by atoms with Gasteiger partial charge in [0.05, 0.1) is 37.1 Å². The first-order chi connectivity index (χ1) is 15.1. The Hall–Kier alpha value is -3.33. The fourth-order valence-electron chi connectivity index (χ4n) is 4.12. The van der Waals surface area contributed by atoms with Crippen molar-refractivity contribution in [2.75, 3.05) is 41.4 Å². The maximum atomic E-state index is 13.2. The van der Waals surface area contributed by atoms with Crippen molar-refractivity contribution in [3.63, 3.8) is 0 Å². The summed E-state index contributed by atoms with van der Waals surface area (Å²) in [7, 11) is 8.56. The van der Waals surface area contributed by atoms with Gasteiger partial charge in [0.15, 0.2) is 11.5 Å². The number of aryl methyl sites for hydroxylation is 2. The summed E-state index contributed by atoms with van der Waals surface area (Å²) in [4.78, 5) is 29.7. The maximum Gasteiger partial charge on any atom is 0.295 e. The van der Waals surface area contributed by atoms with Crippen LogP contribution in [0.5, 0.6) is 11.5 Å². The van der Waals surface area contributed by atoms with Crippen molar-refractivity contribution in [1.82, 2.24) is 19.6 Å². The zero-order chi connectivity index (χ0) is 23.7. The Morgan fingerprint density at radius 1 is 1.19 bits per heavy atom. The number of likely N-dealkylation sites (N-methyl/N-ethyl adjacent to an activating group) is 1. The number of hydrogen-bond acceptors (Lipinski definition) is 7. The van der Waals surface area contributed by atoms with E-state index in [1.807, 2.05) is 19.0 Å². The van der Waals surface area contributed by atoms with E-state index < -0.39 is 17.7 Å². The van der Waals surface area contributed by atoms with Crippen LogP contribution in [-0.2, 0) is 16.6 Å². The van der Waals surface area contributed by atoms with E-state index in [0.29, 0.717) is 47.1 Å². The zero-order valence-corrected chi connectivity index (χ0v) is 19.6. The number of likely N-dealkylation sites (tertiary alicyclic amines) is 1. The molecule has 0 radical (unpaired) electrons. The van der Waals surface area contributed by atoms with Crippen LogP contribution in [-0.4, -0.2) is 77.8 Å². The third-order valence-electron chi connectivity index (χ3n) is 5.80. The van der Waals surface area contributed by atoms with Gasteiger partial charge in [-0.05, 0) is 34.0 Å². The molecule has 1 aromatic heterocycles. The number of aliphatic hydroxyl groups excluding tert-OH is 1. The number of nitrogens with zero attached hydrogens (tertiary/aromatic N) is 4. The lowest BCUT2D eigenvalue weighted by Crippen LogP contribution is -2.35. The second-order valence-electron chi connectivity index (χ2n) is 8.05. The number of methoxy groups -OCH3 is 2. The number of carbonyl (C=O) groups is 2. The van der Waals surface area contributed by atoms with Gasteiger partial charge >= 0.3 is 0 Å². The van der Waals surface area contributed by atoms with Gasteiger partial charge in [0, 0.05) is 31.4 Å². The molecule has 172 valence electrons. The van der Waals surface area contributed by atoms with Crippen molar-refractivity contribution in [3.05, 3.63) is 46.3 Å². The number of ether oxygens (including phenoxy) is 2. The molecule has 1 amide bonds. The fraction of sp³-hybridized carbons (Fsp3) is 0.435. The molecule has 0 aliphatic carbocycles. The first-order valence-electron chi connectivity index (χ1n) is 10.3. The number of benzene rings is 1. The first-order valence-corrected chi connectivity index (χ1v) is 10.3. The van der Waals surface area contributed by atoms with E-state index in [-0.39, 0.29) is 11.3 Å². The second-order valence-corrected chi connectivity index (χ2v) is 8.05. The summed E-state index contributed by atoms with van der Waals surface area (Å²) in [5.74, 6) is -0.769. The molecule has 0 bridgehead atoms. The highest BCUT2D eigenvalue weighted by Gasteiger charge is 2.47. The Morgan fingerprint density at radius 2 is 1.88 bits per heavy atom. The van der Waals surface area contributed by atoms with Crippen LogP contribution in [0.15, 0.2) is 23.8 Å². The van der Waals surface area contributed by atoms with Gasteiger partial charge in [-0.3, -0.25) is 14.3 Å². The second kappa shape index (κ2) is 9.04. The number of para-hydroxylation sites is 1. The van der Waals surface area contributed by atoms with Crippen LogP contribution in [0.25, 0.3) is 5.76 Å². The quantitative estimate of drug-likeness (QED) is 0.398. The zero-order valence-electron chi connectivity index (χ0n) is 19.6. The lowest BCUT2D eigenvalue weighted by Gasteiger charge is -2.28. The van der Waals surface area contributed by atoms with Gasteiger partial charge in [-0.1, -0.05) is 12.1 Å². The molecule has 9 heteroatoms. The normalized spacial score (nSPS) is 18.0. The molecule has 0 saturated carbocycles. The van der Waals surface area contributed by atoms with E-state index in [0.717, 1.165) is 0 Å². The smallest absolute Gasteiger partial charge is 0.295 e. The van der Waals surface area contributed by atoms with E-state index in [2.05, 4.69) is 5.10 Å². The predicted octanol–water partition coefficient (Wildman–Crippen LogP) is 2.04. The van der Waals surface area contributed by atoms with Gasteiger partial charge in [-0.2, -0.15) is 5.10 Å². The van der Waals surface area contributed by atoms with Crippen molar-refractivity contribution in [1.29, 1.82) is 0 Å². The number of aliphatic hydroxyl groups is 1. The van der Waals surface area contributed by atoms with Crippen LogP contribution >= 0.6 is 0 Å². The average Bonchev–Trinajstić information content (AvgIpc) is 3.16. The molecule has 32 heavy (non-hydrogen) atoms. The van der Waals surface area contributed by atoms with Gasteiger partial charge in [-0.15, -0.1) is 0 Å². The lowest BCUT2D eigenvalue weighted by atomic mass is 9.93. The van der Waals surface area contributed by atoms with E-state index in [1.54, 1.807) is 43.8 Å². The highest BCUT2D eigenvalue weighted by Crippen LogP contribution is 2.45. The van der Waals surface area contributed by atoms with Gasteiger partial charge < -0.3 is 24.4 Å². The molecule has 1 fully saturated rings. The summed E-state index contributed by atoms with van der Waals surface area (Å²) in [5, 5.41) is 15.7. The highest BCUT2D eigenvalue weighted by molar-refractivity contribution is 6.46. The third kappa shape index (κ3) is 3.84. The molecule has 2 aromatic rings. The van der Waals surface area contributed by atoms with E-state index in [1.165, 1.54) is 19.1 Å². The van der Waals surface area contributed by atoms with Crippen molar-refractivity contribution in [2.24, 2.45) is 7.05 Å². The largest absolute Gasteiger partial charge is 0.507 e. The highest BCUT2D eigenvalue weighted by atomic mass is 16.5. The molecule has 1 N–H and O–H groups in total. The number of Topliss-reactive ketones (excluding diaryl/α,β-unsaturated/α-hetero) is 1. The summed E-state index contributed by atoms with van der Waals surface area (Å²) >= 11 is 0. The Balaban J connectivity index is 2.30. The fourth-order valence-corrected chi connectivity index (χ4v) is 4.12. The van der Waals surface area contributed by atoms with Gasteiger partial charge in [-0.25, -0.2) is 0 Å². The Labute approximate surface area is 187 Å². The number of carbonyl (C=O) groups excluding carboxylic acids is 2. The minimum atomic E-state index is -0.834. The summed E-state index contributed by atoms with van der Waals surface area (Å²) < 4.78 is 12.7. The number of hydrogen-bond donors (Lipinski definition) is 1. The maximum absolute atomic E-state index is 13.2. The molecule has 1 unspecified atom stereocenters. The molecule has 1 aromatic carbocycles. The van der Waals surface area contributed by atoms with Gasteiger partial charge in [0.2, 0.25) is 0 Å². The molecule has 1 aliphatic heterocycles. The summed E-state index contributed by atoms with van der Waals surface area (Å²) in [6.45, 7) is 4.40. The van der Waals surface area contributed by atoms with Crippen LogP contribution in [0.1, 0.15) is 28.6 Å². The number of ketones is 1. The van der Waals surface area contributed by atoms with Crippen molar-refractivity contribution < 1.29 is 24.2 Å². The van der Waals surface area contributed by atoms with Crippen LogP contribution in [0.4, 0.5) is 0 Å². The van der Waals surface area contributed by atoms with Crippen molar-refractivity contribution in [2.45, 2.75) is 19.9 Å². The standard InChI is InChI=1S/C23H30N4O5/c1-13-17(14(2)26(5)24-13)20(28)18-19(15-9-8-10-16(31-6)22(15)32-7)27(12-11-25(3)4)23(30)21(18)29/h8-10,19,28H,11-12H2,1-7H3/b20-18+. The molecular weight excluding hydrogens is 412 g/mol. The van der Waals surface area contributed by atoms with Gasteiger partial charge in [0.25, 0.3) is 11.7 Å². The number of amides is 1. The molecule has 9 nitrogen and oxygen atoms in total. The summed E-state index contributed by atoms with van der Waals surface area (Å²) in [6.07, 6.45) is 0. The van der Waals surface area contributed by atoms with Crippen molar-refractivity contribution in [3.8, 4) is 11.5 Å². The number of aromatic nitrogens is 2. The van der Waals surface area contributed by atoms with Crippen LogP contribution in [0, 0.1) is 13.8 Å². The van der Waals surface area contributed by atoms with Crippen molar-refractivity contribution >= 4 is 17.4 Å². The summed E-state index contributed by atoms with van der Waals surface area (Å²) in [5.41, 5.74) is 2.28. The molecule has 3 rings (SSSR count). The van der Waals surface area contributed by atoms with E-state index >= 15 is 0 Å². The topological polar surface area (TPSA) is 97.1 Å². The van der Waals surface area contributed by atoms with Crippen LogP contribution in [0.3, 0.4) is 0 Å². The Bertz CT molecular complexity index is 1090. The molecule has 2 heterocycles. The predicted molar refractivity (Wildman–Crippen MR) is 120 cm³/mol. The Morgan fingerprint density at radius 3 is 2.41 bits per heavy atom. The molecule has 1 saturated heterocycles. The first kappa shape index (κ1) is 23.3. The monoisotopic (exact) mass is 442 g/mol. The van der Waals surface area contributed by atoms with Crippen LogP contribution < -0.4 is 9.47 Å². The minimum absolute atomic E-state index is 0.0134. The van der Waals surface area contributed by atoms with E-state index in [4.69, 9.17) is 9.47 Å². The Kier molecular flexibility index (Phi) is 6.59. The minimum Gasteiger partial charge on any atom is -0.507 e. The van der Waals surface area contributed by atoms with Crippen LogP contribution in [0.2, 0.25) is 0 Å². The average molecular weight is 443 g/mol. The van der Waals surface area contributed by atoms with E-state index in [9.17, 15) is 14.7 Å². The lowest BCUT2D eigenvalue weighted by molar-refractivity contribution is -0.140. The molecule has 1 aliphatic rings. The summed E-state index contributed by atoms with van der Waals surface area (Å²) in [6, 6.07) is 4.45.